The molecule has 45 valence electrons. The van der Waals surface area contributed by atoms with Crippen LogP contribution in [0.25, 0.3) is 4.96 Å². The van der Waals surface area contributed by atoms with Crippen LogP contribution in [0.1, 0.15) is 5.82 Å². The third kappa shape index (κ3) is 0.547. The Balaban J connectivity index is 2.99. The molecule has 0 aromatic carbocycles. The molecule has 9 heavy (non-hydrogen) atoms. The lowest BCUT2D eigenvalue weighted by Gasteiger charge is -1.76. The van der Waals surface area contributed by atoms with Crippen molar-refractivity contribution < 1.29 is 0 Å². The van der Waals surface area contributed by atoms with Crippen molar-refractivity contribution in [3.63, 3.8) is 0 Å². The van der Waals surface area contributed by atoms with Crippen LogP contribution in [0, 0.1) is 12.4 Å². The van der Waals surface area contributed by atoms with Gasteiger partial charge in [0.1, 0.15) is 0 Å². The monoisotopic (exact) mass is 139 g/mol. The van der Waals surface area contributed by atoms with E-state index in [0.717, 1.165) is 10.8 Å². The molecule has 2 heterocycles. The normalized spacial score (nSPS) is 10.8. The maximum atomic E-state index is 3.86. The zero-order chi connectivity index (χ0) is 6.27. The summed E-state index contributed by atoms with van der Waals surface area (Å²) in [5, 5.41) is 11.5. The summed E-state index contributed by atoms with van der Waals surface area (Å²) in [6, 6.07) is 0. The van der Waals surface area contributed by atoms with Gasteiger partial charge in [-0.2, -0.15) is 9.61 Å². The van der Waals surface area contributed by atoms with Gasteiger partial charge in [0, 0.05) is 0 Å². The molecule has 1 radical (unpaired) electrons. The van der Waals surface area contributed by atoms with E-state index >= 15 is 0 Å². The Hall–Kier alpha value is -0.970. The summed E-state index contributed by atoms with van der Waals surface area (Å²) >= 11 is 1.36. The van der Waals surface area contributed by atoms with E-state index in [1.54, 1.807) is 4.52 Å². The van der Waals surface area contributed by atoms with Crippen LogP contribution < -0.4 is 0 Å². The van der Waals surface area contributed by atoms with Gasteiger partial charge < -0.3 is 0 Å². The molecule has 0 amide bonds. The Bertz CT molecular complexity index is 322. The summed E-state index contributed by atoms with van der Waals surface area (Å²) < 4.78 is 1.66. The van der Waals surface area contributed by atoms with Gasteiger partial charge in [0.15, 0.2) is 11.3 Å². The topological polar surface area (TPSA) is 43.1 Å². The van der Waals surface area contributed by atoms with Gasteiger partial charge in [0.25, 0.3) is 0 Å². The highest BCUT2D eigenvalue weighted by atomic mass is 32.1. The van der Waals surface area contributed by atoms with Crippen LogP contribution in [0.5, 0.6) is 0 Å². The van der Waals surface area contributed by atoms with Gasteiger partial charge in [-0.15, -0.1) is 10.2 Å². The van der Waals surface area contributed by atoms with Gasteiger partial charge in [0.2, 0.25) is 4.96 Å². The highest BCUT2D eigenvalue weighted by Gasteiger charge is 2.00. The molecule has 0 atom stereocenters. The first-order valence-electron chi connectivity index (χ1n) is 2.43. The first kappa shape index (κ1) is 4.87. The van der Waals surface area contributed by atoms with Gasteiger partial charge >= 0.3 is 0 Å². The number of aryl methyl sites for hydroxylation is 1. The summed E-state index contributed by atoms with van der Waals surface area (Å²) in [7, 11) is 0. The molecule has 0 unspecified atom stereocenters. The number of rotatable bonds is 0. The van der Waals surface area contributed by atoms with E-state index in [-0.39, 0.29) is 0 Å². The van der Waals surface area contributed by atoms with Crippen LogP contribution >= 0.6 is 11.3 Å². The number of nitrogens with zero attached hydrogens (tertiary/aromatic N) is 4. The Morgan fingerprint density at radius 1 is 1.56 bits per heavy atom. The lowest BCUT2D eigenvalue weighted by molar-refractivity contribution is 0.891. The smallest absolute Gasteiger partial charge is 0.187 e. The standard InChI is InChI=1S/C4H3N4S/c1-3-6-7-4-8(3)5-2-9-4/h1H3. The van der Waals surface area contributed by atoms with Crippen molar-refractivity contribution in [2.45, 2.75) is 6.92 Å². The van der Waals surface area contributed by atoms with E-state index in [1.165, 1.54) is 11.3 Å². The fourth-order valence-electron chi connectivity index (χ4n) is 0.619. The van der Waals surface area contributed by atoms with Crippen molar-refractivity contribution in [1.82, 2.24) is 19.8 Å². The summed E-state index contributed by atoms with van der Waals surface area (Å²) in [5.74, 6) is 0.808. The van der Waals surface area contributed by atoms with Gasteiger partial charge in [0.05, 0.1) is 0 Å². The molecule has 0 bridgehead atoms. The molecular formula is C4H3N4S. The second kappa shape index (κ2) is 1.51. The third-order valence-corrected chi connectivity index (χ3v) is 1.66. The largest absolute Gasteiger partial charge is 0.235 e. The fourth-order valence-corrected chi connectivity index (χ4v) is 1.16. The van der Waals surface area contributed by atoms with E-state index < -0.39 is 0 Å². The molecule has 2 aromatic heterocycles. The molecule has 0 aliphatic heterocycles. The average molecular weight is 139 g/mol. The van der Waals surface area contributed by atoms with Crippen molar-refractivity contribution in [2.24, 2.45) is 0 Å². The quantitative estimate of drug-likeness (QED) is 0.527. The van der Waals surface area contributed by atoms with Crippen molar-refractivity contribution in [2.75, 3.05) is 0 Å². The average Bonchev–Trinajstić information content (AvgIpc) is 2.35. The molecule has 0 aliphatic carbocycles. The molecule has 4 nitrogen and oxygen atoms in total. The van der Waals surface area contributed by atoms with Crippen molar-refractivity contribution in [3.05, 3.63) is 11.3 Å². The minimum atomic E-state index is 0.799. The predicted octanol–water partition coefficient (Wildman–Crippen LogP) is 0.294. The van der Waals surface area contributed by atoms with Crippen LogP contribution in [-0.2, 0) is 0 Å². The van der Waals surface area contributed by atoms with Gasteiger partial charge in [-0.1, -0.05) is 11.3 Å². The fraction of sp³-hybridized carbons (Fsp3) is 0.250. The molecule has 0 saturated carbocycles. The second-order valence-corrected chi connectivity index (χ2v) is 2.39. The van der Waals surface area contributed by atoms with E-state index in [9.17, 15) is 0 Å². The van der Waals surface area contributed by atoms with Crippen molar-refractivity contribution in [1.29, 1.82) is 0 Å². The third-order valence-electron chi connectivity index (χ3n) is 1.05. The zero-order valence-corrected chi connectivity index (χ0v) is 5.51. The maximum Gasteiger partial charge on any atom is 0.235 e. The van der Waals surface area contributed by atoms with E-state index in [2.05, 4.69) is 20.8 Å². The Labute approximate surface area is 55.2 Å². The lowest BCUT2D eigenvalue weighted by atomic mass is 10.7. The van der Waals surface area contributed by atoms with Crippen LogP contribution in [0.3, 0.4) is 0 Å². The number of fused-ring (bicyclic) bond motifs is 1. The molecule has 0 N–H and O–H groups in total. The predicted molar refractivity (Wildman–Crippen MR) is 32.2 cm³/mol. The summed E-state index contributed by atoms with van der Waals surface area (Å²) in [4.78, 5) is 0.799. The Kier molecular flexibility index (Phi) is 0.814. The van der Waals surface area contributed by atoms with Gasteiger partial charge in [-0.3, -0.25) is 0 Å². The van der Waals surface area contributed by atoms with Crippen molar-refractivity contribution >= 4 is 16.3 Å². The molecule has 0 fully saturated rings. The highest BCUT2D eigenvalue weighted by Crippen LogP contribution is 2.04. The summed E-state index contributed by atoms with van der Waals surface area (Å²) in [6.45, 7) is 1.85. The van der Waals surface area contributed by atoms with E-state index in [1.807, 2.05) is 6.92 Å². The summed E-state index contributed by atoms with van der Waals surface area (Å²) in [5.41, 5.74) is 2.71. The zero-order valence-electron chi connectivity index (χ0n) is 4.70. The highest BCUT2D eigenvalue weighted by molar-refractivity contribution is 7.14. The lowest BCUT2D eigenvalue weighted by Crippen LogP contribution is -1.85. The maximum absolute atomic E-state index is 3.86. The first-order valence-corrected chi connectivity index (χ1v) is 3.24. The Morgan fingerprint density at radius 2 is 2.44 bits per heavy atom. The van der Waals surface area contributed by atoms with Gasteiger partial charge in [-0.05, 0) is 6.92 Å². The second-order valence-electron chi connectivity index (χ2n) is 1.63. The summed E-state index contributed by atoms with van der Waals surface area (Å²) in [6.07, 6.45) is 0. The molecule has 5 heteroatoms. The van der Waals surface area contributed by atoms with E-state index in [4.69, 9.17) is 0 Å². The number of aromatic nitrogens is 4. The molecule has 0 saturated heterocycles. The van der Waals surface area contributed by atoms with Crippen molar-refractivity contribution in [3.8, 4) is 0 Å². The molecule has 0 spiro atoms. The molecule has 2 aromatic rings. The first-order chi connectivity index (χ1) is 4.38. The van der Waals surface area contributed by atoms with Crippen LogP contribution in [0.4, 0.5) is 0 Å². The van der Waals surface area contributed by atoms with Crippen LogP contribution in [0.15, 0.2) is 0 Å². The molecule has 2 rings (SSSR count). The minimum Gasteiger partial charge on any atom is -0.187 e. The van der Waals surface area contributed by atoms with Crippen LogP contribution in [-0.4, -0.2) is 19.8 Å². The van der Waals surface area contributed by atoms with Crippen LogP contribution in [0.2, 0.25) is 0 Å². The minimum absolute atomic E-state index is 0.799. The van der Waals surface area contributed by atoms with Gasteiger partial charge in [-0.25, -0.2) is 0 Å². The molecule has 0 aliphatic rings. The molecular weight excluding hydrogens is 136 g/mol. The Morgan fingerprint density at radius 3 is 3.22 bits per heavy atom. The SMILES string of the molecule is Cc1nnc2s[c]nn12. The number of hydrogen-bond donors (Lipinski definition) is 0. The van der Waals surface area contributed by atoms with E-state index in [0.29, 0.717) is 0 Å². The number of hydrogen-bond acceptors (Lipinski definition) is 4.